The molecule has 58 valence electrons. The topological polar surface area (TPSA) is 12.9 Å². The van der Waals surface area contributed by atoms with E-state index in [1.807, 2.05) is 26.1 Å². The second kappa shape index (κ2) is 3.33. The minimum absolute atomic E-state index is 1.09. The zero-order chi connectivity index (χ0) is 8.27. The van der Waals surface area contributed by atoms with E-state index in [1.165, 1.54) is 11.1 Å². The van der Waals surface area contributed by atoms with Crippen LogP contribution in [0.5, 0.6) is 0 Å². The maximum Gasteiger partial charge on any atom is 0.0444 e. The van der Waals surface area contributed by atoms with Gasteiger partial charge >= 0.3 is 0 Å². The van der Waals surface area contributed by atoms with Crippen LogP contribution in [0.4, 0.5) is 0 Å². The summed E-state index contributed by atoms with van der Waals surface area (Å²) in [5.74, 6) is 0. The molecule has 0 aliphatic rings. The van der Waals surface area contributed by atoms with Crippen molar-refractivity contribution in [3.05, 3.63) is 35.2 Å². The summed E-state index contributed by atoms with van der Waals surface area (Å²) in [6.07, 6.45) is 6.00. The van der Waals surface area contributed by atoms with Crippen LogP contribution in [0.15, 0.2) is 18.3 Å². The third-order valence-corrected chi connectivity index (χ3v) is 1.61. The summed E-state index contributed by atoms with van der Waals surface area (Å²) in [5, 5.41) is 0. The highest BCUT2D eigenvalue weighted by Crippen LogP contribution is 2.08. The van der Waals surface area contributed by atoms with Crippen molar-refractivity contribution < 1.29 is 0 Å². The Balaban J connectivity index is 3.12. The molecule has 0 saturated heterocycles. The Morgan fingerprint density at radius 1 is 1.36 bits per heavy atom. The normalized spacial score (nSPS) is 10.8. The largest absolute Gasteiger partial charge is 0.261 e. The van der Waals surface area contributed by atoms with Gasteiger partial charge in [0.1, 0.15) is 0 Å². The molecule has 1 heterocycles. The fraction of sp³-hybridized carbons (Fsp3) is 0.300. The van der Waals surface area contributed by atoms with E-state index in [1.54, 1.807) is 0 Å². The molecule has 0 unspecified atom stereocenters. The summed E-state index contributed by atoms with van der Waals surface area (Å²) in [7, 11) is 0. The molecule has 0 fully saturated rings. The summed E-state index contributed by atoms with van der Waals surface area (Å²) in [6.45, 7) is 6.09. The maximum absolute atomic E-state index is 4.25. The standard InChI is InChI=1S/C10H13N/c1-4-5-10-6-8(2)7-11-9(10)3/h4-7H,1-3H3/b5-4-. The van der Waals surface area contributed by atoms with Gasteiger partial charge in [-0.05, 0) is 38.0 Å². The van der Waals surface area contributed by atoms with E-state index in [-0.39, 0.29) is 0 Å². The minimum Gasteiger partial charge on any atom is -0.261 e. The Kier molecular flexibility index (Phi) is 2.42. The fourth-order valence-corrected chi connectivity index (χ4v) is 1.01. The van der Waals surface area contributed by atoms with Gasteiger partial charge in [-0.25, -0.2) is 0 Å². The van der Waals surface area contributed by atoms with E-state index >= 15 is 0 Å². The van der Waals surface area contributed by atoms with Gasteiger partial charge in [-0.3, -0.25) is 4.98 Å². The number of hydrogen-bond donors (Lipinski definition) is 0. The Labute approximate surface area is 67.8 Å². The molecule has 0 atom stereocenters. The average Bonchev–Trinajstić information content (AvgIpc) is 1.98. The molecular formula is C10H13N. The van der Waals surface area contributed by atoms with Crippen molar-refractivity contribution in [1.82, 2.24) is 4.98 Å². The van der Waals surface area contributed by atoms with Crippen LogP contribution in [0.1, 0.15) is 23.7 Å². The number of rotatable bonds is 1. The number of nitrogens with zero attached hydrogens (tertiary/aromatic N) is 1. The Hall–Kier alpha value is -1.11. The van der Waals surface area contributed by atoms with Gasteiger partial charge in [0.25, 0.3) is 0 Å². The van der Waals surface area contributed by atoms with Crippen molar-refractivity contribution in [3.8, 4) is 0 Å². The molecule has 1 aromatic heterocycles. The summed E-state index contributed by atoms with van der Waals surface area (Å²) in [6, 6.07) is 2.14. The lowest BCUT2D eigenvalue weighted by atomic mass is 10.1. The van der Waals surface area contributed by atoms with Gasteiger partial charge in [-0.2, -0.15) is 0 Å². The average molecular weight is 147 g/mol. The molecule has 0 aliphatic carbocycles. The van der Waals surface area contributed by atoms with Crippen LogP contribution in [0.3, 0.4) is 0 Å². The lowest BCUT2D eigenvalue weighted by Crippen LogP contribution is -1.86. The molecule has 0 amide bonds. The zero-order valence-electron chi connectivity index (χ0n) is 7.26. The summed E-state index contributed by atoms with van der Waals surface area (Å²) in [4.78, 5) is 4.25. The van der Waals surface area contributed by atoms with Crippen LogP contribution < -0.4 is 0 Å². The number of allylic oxidation sites excluding steroid dienone is 1. The first-order valence-electron chi connectivity index (χ1n) is 3.80. The highest BCUT2D eigenvalue weighted by atomic mass is 14.7. The lowest BCUT2D eigenvalue weighted by molar-refractivity contribution is 1.16. The van der Waals surface area contributed by atoms with Crippen molar-refractivity contribution >= 4 is 6.08 Å². The van der Waals surface area contributed by atoms with Gasteiger partial charge in [0.2, 0.25) is 0 Å². The van der Waals surface area contributed by atoms with E-state index < -0.39 is 0 Å². The molecule has 1 aromatic rings. The Bertz CT molecular complexity index is 274. The first kappa shape index (κ1) is 7.99. The van der Waals surface area contributed by atoms with Crippen molar-refractivity contribution in [2.75, 3.05) is 0 Å². The number of aryl methyl sites for hydroxylation is 2. The zero-order valence-corrected chi connectivity index (χ0v) is 7.26. The van der Waals surface area contributed by atoms with Crippen molar-refractivity contribution in [2.45, 2.75) is 20.8 Å². The van der Waals surface area contributed by atoms with E-state index in [0.717, 1.165) is 5.69 Å². The molecular weight excluding hydrogens is 134 g/mol. The van der Waals surface area contributed by atoms with Crippen LogP contribution >= 0.6 is 0 Å². The Morgan fingerprint density at radius 2 is 2.09 bits per heavy atom. The van der Waals surface area contributed by atoms with E-state index in [4.69, 9.17) is 0 Å². The van der Waals surface area contributed by atoms with Crippen molar-refractivity contribution in [1.29, 1.82) is 0 Å². The second-order valence-electron chi connectivity index (χ2n) is 2.69. The van der Waals surface area contributed by atoms with Crippen LogP contribution in [0, 0.1) is 13.8 Å². The van der Waals surface area contributed by atoms with Crippen LogP contribution in [-0.2, 0) is 0 Å². The van der Waals surface area contributed by atoms with Gasteiger partial charge in [0.05, 0.1) is 0 Å². The quantitative estimate of drug-likeness (QED) is 0.595. The number of hydrogen-bond acceptors (Lipinski definition) is 1. The van der Waals surface area contributed by atoms with Crippen LogP contribution in [0.2, 0.25) is 0 Å². The monoisotopic (exact) mass is 147 g/mol. The summed E-state index contributed by atoms with van der Waals surface area (Å²) >= 11 is 0. The van der Waals surface area contributed by atoms with E-state index in [0.29, 0.717) is 0 Å². The molecule has 0 bridgehead atoms. The van der Waals surface area contributed by atoms with Gasteiger partial charge < -0.3 is 0 Å². The molecule has 0 N–H and O–H groups in total. The van der Waals surface area contributed by atoms with Crippen LogP contribution in [-0.4, -0.2) is 4.98 Å². The third-order valence-electron chi connectivity index (χ3n) is 1.61. The van der Waals surface area contributed by atoms with Gasteiger partial charge in [-0.1, -0.05) is 12.2 Å². The highest BCUT2D eigenvalue weighted by molar-refractivity contribution is 5.51. The molecule has 1 heteroatoms. The minimum atomic E-state index is 1.09. The maximum atomic E-state index is 4.25. The van der Waals surface area contributed by atoms with Gasteiger partial charge in [0.15, 0.2) is 0 Å². The molecule has 1 rings (SSSR count). The molecule has 1 nitrogen and oxygen atoms in total. The number of aromatic nitrogens is 1. The molecule has 0 saturated carbocycles. The first-order chi connectivity index (χ1) is 5.24. The Morgan fingerprint density at radius 3 is 2.73 bits per heavy atom. The van der Waals surface area contributed by atoms with Crippen LogP contribution in [0.25, 0.3) is 6.08 Å². The molecule has 0 spiro atoms. The SMILES string of the molecule is C/C=C\c1cc(C)cnc1C. The molecule has 0 aromatic carbocycles. The molecule has 11 heavy (non-hydrogen) atoms. The summed E-state index contributed by atoms with van der Waals surface area (Å²) in [5.41, 5.74) is 3.52. The van der Waals surface area contributed by atoms with Crippen molar-refractivity contribution in [2.24, 2.45) is 0 Å². The predicted molar refractivity (Wildman–Crippen MR) is 48.4 cm³/mol. The summed E-state index contributed by atoms with van der Waals surface area (Å²) < 4.78 is 0. The molecule has 0 aliphatic heterocycles. The second-order valence-corrected chi connectivity index (χ2v) is 2.69. The third kappa shape index (κ3) is 1.90. The van der Waals surface area contributed by atoms with Gasteiger partial charge in [-0.15, -0.1) is 0 Å². The van der Waals surface area contributed by atoms with E-state index in [2.05, 4.69) is 24.1 Å². The van der Waals surface area contributed by atoms with E-state index in [9.17, 15) is 0 Å². The first-order valence-corrected chi connectivity index (χ1v) is 3.80. The van der Waals surface area contributed by atoms with Gasteiger partial charge in [0, 0.05) is 11.9 Å². The lowest BCUT2D eigenvalue weighted by Gasteiger charge is -1.99. The predicted octanol–water partition coefficient (Wildman–Crippen LogP) is 2.73. The fourth-order valence-electron chi connectivity index (χ4n) is 1.01. The molecule has 0 radical (unpaired) electrons. The highest BCUT2D eigenvalue weighted by Gasteiger charge is 1.93. The number of pyridine rings is 1. The smallest absolute Gasteiger partial charge is 0.0444 e. The van der Waals surface area contributed by atoms with Crippen molar-refractivity contribution in [3.63, 3.8) is 0 Å².